The Labute approximate surface area is 144 Å². The van der Waals surface area contributed by atoms with Gasteiger partial charge in [-0.3, -0.25) is 0 Å². The van der Waals surface area contributed by atoms with Crippen LogP contribution in [-0.4, -0.2) is 14.8 Å². The predicted molar refractivity (Wildman–Crippen MR) is 101 cm³/mol. The van der Waals surface area contributed by atoms with Gasteiger partial charge in [0, 0.05) is 5.56 Å². The molecule has 0 spiro atoms. The lowest BCUT2D eigenvalue weighted by Gasteiger charge is -2.13. The van der Waals surface area contributed by atoms with Crippen LogP contribution >= 0.6 is 0 Å². The van der Waals surface area contributed by atoms with E-state index in [9.17, 15) is 0 Å². The number of furan rings is 1. The first-order chi connectivity index (χ1) is 11.6. The van der Waals surface area contributed by atoms with E-state index in [1.54, 1.807) is 6.26 Å². The Balaban J connectivity index is 2.13. The van der Waals surface area contributed by atoms with Crippen LogP contribution < -0.4 is 4.43 Å². The molecule has 3 nitrogen and oxygen atoms in total. The molecule has 3 rings (SSSR count). The number of benzene rings is 2. The Morgan fingerprint density at radius 2 is 1.79 bits per heavy atom. The molecular formula is C20H21NO2Si. The lowest BCUT2D eigenvalue weighted by atomic mass is 10.1. The van der Waals surface area contributed by atoms with Gasteiger partial charge in [0.25, 0.3) is 0 Å². The van der Waals surface area contributed by atoms with Crippen LogP contribution in [0.15, 0.2) is 76.3 Å². The molecule has 0 aliphatic carbocycles. The van der Waals surface area contributed by atoms with Gasteiger partial charge in [0.2, 0.25) is 9.04 Å². The second-order valence-electron chi connectivity index (χ2n) is 5.94. The molecule has 0 fully saturated rings. The molecule has 0 aliphatic heterocycles. The van der Waals surface area contributed by atoms with Crippen LogP contribution in [0.3, 0.4) is 0 Å². The third kappa shape index (κ3) is 3.84. The number of nitrogens with zero attached hydrogens (tertiary/aromatic N) is 1. The van der Waals surface area contributed by atoms with Crippen molar-refractivity contribution < 1.29 is 8.84 Å². The number of aryl methyl sites for hydroxylation is 1. The fraction of sp³-hybridized carbons (Fsp3) is 0.150. The third-order valence-electron chi connectivity index (χ3n) is 3.51. The summed E-state index contributed by atoms with van der Waals surface area (Å²) >= 11 is 0. The lowest BCUT2D eigenvalue weighted by Crippen LogP contribution is -2.11. The topological polar surface area (TPSA) is 34.7 Å². The van der Waals surface area contributed by atoms with Gasteiger partial charge in [-0.2, -0.15) is 0 Å². The van der Waals surface area contributed by atoms with E-state index >= 15 is 0 Å². The van der Waals surface area contributed by atoms with Crippen molar-refractivity contribution in [3.63, 3.8) is 0 Å². The van der Waals surface area contributed by atoms with Gasteiger partial charge in [0.05, 0.1) is 6.26 Å². The van der Waals surface area contributed by atoms with Crippen LogP contribution in [0.4, 0.5) is 5.69 Å². The summed E-state index contributed by atoms with van der Waals surface area (Å²) < 4.78 is 11.7. The first-order valence-corrected chi connectivity index (χ1v) is 10.9. The van der Waals surface area contributed by atoms with Gasteiger partial charge in [-0.25, -0.2) is 4.99 Å². The molecule has 0 bridgehead atoms. The summed E-state index contributed by atoms with van der Waals surface area (Å²) in [5, 5.41) is 0. The minimum absolute atomic E-state index is 0.746. The van der Waals surface area contributed by atoms with Crippen LogP contribution in [0.1, 0.15) is 16.9 Å². The quantitative estimate of drug-likeness (QED) is 0.479. The zero-order chi connectivity index (χ0) is 16.9. The standard InChI is InChI=1S/C20H21NO2Si/c1-15-11-12-18(23-24(2)3)17(14-15)21-20(19-10-7-13-22-19)16-8-5-4-6-9-16/h4-14,24H,1-3H3. The molecule has 1 heterocycles. The molecule has 122 valence electrons. The van der Waals surface area contributed by atoms with E-state index in [1.165, 1.54) is 0 Å². The largest absolute Gasteiger partial charge is 0.546 e. The van der Waals surface area contributed by atoms with Crippen LogP contribution in [0.25, 0.3) is 0 Å². The van der Waals surface area contributed by atoms with Crippen molar-refractivity contribution in [2.24, 2.45) is 4.99 Å². The first kappa shape index (κ1) is 16.3. The average Bonchev–Trinajstić information content (AvgIpc) is 3.09. The Hall–Kier alpha value is -2.59. The highest BCUT2D eigenvalue weighted by atomic mass is 28.3. The fourth-order valence-corrected chi connectivity index (χ4v) is 3.17. The maximum Gasteiger partial charge on any atom is 0.229 e. The van der Waals surface area contributed by atoms with Gasteiger partial charge >= 0.3 is 0 Å². The monoisotopic (exact) mass is 335 g/mol. The van der Waals surface area contributed by atoms with Crippen LogP contribution in [-0.2, 0) is 0 Å². The highest BCUT2D eigenvalue weighted by molar-refractivity contribution is 6.49. The molecule has 0 atom stereocenters. The molecule has 0 saturated heterocycles. The smallest absolute Gasteiger partial charge is 0.229 e. The molecule has 0 N–H and O–H groups in total. The van der Waals surface area contributed by atoms with E-state index in [0.717, 1.165) is 34.0 Å². The highest BCUT2D eigenvalue weighted by Gasteiger charge is 2.13. The fourth-order valence-electron chi connectivity index (χ4n) is 2.46. The summed E-state index contributed by atoms with van der Waals surface area (Å²) in [6.07, 6.45) is 1.67. The average molecular weight is 335 g/mol. The van der Waals surface area contributed by atoms with Gasteiger partial charge in [0.15, 0.2) is 5.76 Å². The molecule has 0 amide bonds. The highest BCUT2D eigenvalue weighted by Crippen LogP contribution is 2.31. The lowest BCUT2D eigenvalue weighted by molar-refractivity contribution is 0.558. The second-order valence-corrected chi connectivity index (χ2v) is 8.27. The summed E-state index contributed by atoms with van der Waals surface area (Å²) in [6.45, 7) is 6.36. The van der Waals surface area contributed by atoms with Gasteiger partial charge < -0.3 is 8.84 Å². The summed E-state index contributed by atoms with van der Waals surface area (Å²) in [7, 11) is -1.21. The maximum absolute atomic E-state index is 6.06. The summed E-state index contributed by atoms with van der Waals surface area (Å²) in [5.74, 6) is 1.58. The summed E-state index contributed by atoms with van der Waals surface area (Å²) in [5.41, 5.74) is 3.81. The molecule has 0 unspecified atom stereocenters. The van der Waals surface area contributed by atoms with E-state index in [4.69, 9.17) is 13.8 Å². The Morgan fingerprint density at radius 3 is 2.46 bits per heavy atom. The van der Waals surface area contributed by atoms with Crippen molar-refractivity contribution in [2.45, 2.75) is 20.0 Å². The molecule has 0 saturated carbocycles. The van der Waals surface area contributed by atoms with Gasteiger partial charge in [-0.05, 0) is 49.8 Å². The van der Waals surface area contributed by atoms with Gasteiger partial charge in [-0.1, -0.05) is 36.4 Å². The Bertz CT molecular complexity index is 824. The van der Waals surface area contributed by atoms with Crippen LogP contribution in [0.5, 0.6) is 5.75 Å². The van der Waals surface area contributed by atoms with E-state index < -0.39 is 9.04 Å². The molecule has 1 aromatic heterocycles. The van der Waals surface area contributed by atoms with Crippen molar-refractivity contribution in [1.29, 1.82) is 0 Å². The van der Waals surface area contributed by atoms with Crippen molar-refractivity contribution in [2.75, 3.05) is 0 Å². The number of aliphatic imine (C=N–C) groups is 1. The van der Waals surface area contributed by atoms with Gasteiger partial charge in [-0.15, -0.1) is 0 Å². The zero-order valence-corrected chi connectivity index (χ0v) is 15.3. The van der Waals surface area contributed by atoms with Crippen molar-refractivity contribution in [3.05, 3.63) is 83.8 Å². The summed E-state index contributed by atoms with van der Waals surface area (Å²) in [6, 6.07) is 20.0. The Kier molecular flexibility index (Phi) is 4.96. The summed E-state index contributed by atoms with van der Waals surface area (Å²) in [4.78, 5) is 4.91. The second kappa shape index (κ2) is 7.32. The van der Waals surface area contributed by atoms with Crippen molar-refractivity contribution in [3.8, 4) is 5.75 Å². The minimum atomic E-state index is -1.21. The molecule has 0 radical (unpaired) electrons. The third-order valence-corrected chi connectivity index (χ3v) is 4.24. The molecule has 24 heavy (non-hydrogen) atoms. The van der Waals surface area contributed by atoms with Crippen LogP contribution in [0, 0.1) is 6.92 Å². The van der Waals surface area contributed by atoms with E-state index in [-0.39, 0.29) is 0 Å². The first-order valence-electron chi connectivity index (χ1n) is 8.09. The molecular weight excluding hydrogens is 314 g/mol. The Morgan fingerprint density at radius 1 is 1.00 bits per heavy atom. The van der Waals surface area contributed by atoms with E-state index in [0.29, 0.717) is 0 Å². The van der Waals surface area contributed by atoms with Gasteiger partial charge in [0.1, 0.15) is 17.1 Å². The predicted octanol–water partition coefficient (Wildman–Crippen LogP) is 5.12. The maximum atomic E-state index is 6.06. The van der Waals surface area contributed by atoms with Crippen molar-refractivity contribution >= 4 is 20.4 Å². The normalized spacial score (nSPS) is 11.8. The molecule has 4 heteroatoms. The molecule has 2 aromatic carbocycles. The van der Waals surface area contributed by atoms with Crippen molar-refractivity contribution in [1.82, 2.24) is 0 Å². The number of hydrogen-bond donors (Lipinski definition) is 0. The number of hydrogen-bond acceptors (Lipinski definition) is 3. The SMILES string of the molecule is Cc1ccc(O[SiH](C)C)c(N=C(c2ccccc2)c2ccco2)c1. The minimum Gasteiger partial charge on any atom is -0.546 e. The van der Waals surface area contributed by atoms with E-state index in [1.807, 2.05) is 48.5 Å². The molecule has 3 aromatic rings. The molecule has 0 aliphatic rings. The number of rotatable bonds is 5. The zero-order valence-electron chi connectivity index (χ0n) is 14.2. The van der Waals surface area contributed by atoms with Crippen LogP contribution in [0.2, 0.25) is 13.1 Å². The van der Waals surface area contributed by atoms with E-state index in [2.05, 4.69) is 32.2 Å².